The molecule has 1 nitrogen and oxygen atoms in total. The van der Waals surface area contributed by atoms with Gasteiger partial charge in [0, 0.05) is 20.3 Å². The summed E-state index contributed by atoms with van der Waals surface area (Å²) < 4.78 is 1.10. The maximum atomic E-state index is 5.89. The third-order valence-corrected chi connectivity index (χ3v) is 3.74. The van der Waals surface area contributed by atoms with Crippen LogP contribution in [-0.2, 0) is 0 Å². The molecule has 0 spiro atoms. The molecule has 1 aromatic carbocycles. The Kier molecular flexibility index (Phi) is 4.82. The number of nitrogens with two attached hydrogens (primary N) is 1. The quantitative estimate of drug-likeness (QED) is 0.654. The Morgan fingerprint density at radius 1 is 1.50 bits per heavy atom. The van der Waals surface area contributed by atoms with Gasteiger partial charge in [-0.25, -0.2) is 0 Å². The second kappa shape index (κ2) is 5.66. The summed E-state index contributed by atoms with van der Waals surface area (Å²) in [4.78, 5) is 1.18. The molecule has 2 N–H and O–H groups in total. The van der Waals surface area contributed by atoms with Crippen LogP contribution >= 0.6 is 27.7 Å². The van der Waals surface area contributed by atoms with Gasteiger partial charge in [0.2, 0.25) is 0 Å². The molecule has 1 unspecified atom stereocenters. The van der Waals surface area contributed by atoms with Crippen molar-refractivity contribution in [1.29, 1.82) is 0 Å². The van der Waals surface area contributed by atoms with Crippen molar-refractivity contribution in [3.05, 3.63) is 22.7 Å². The summed E-state index contributed by atoms with van der Waals surface area (Å²) >= 11 is 5.31. The van der Waals surface area contributed by atoms with E-state index in [9.17, 15) is 0 Å². The average Bonchev–Trinajstić information content (AvgIpc) is 2.12. The summed E-state index contributed by atoms with van der Waals surface area (Å²) in [6, 6.07) is 6.02. The number of rotatable bonds is 4. The molecule has 1 aromatic rings. The van der Waals surface area contributed by atoms with Gasteiger partial charge in [0.15, 0.2) is 0 Å². The van der Waals surface area contributed by atoms with Crippen LogP contribution in [0.15, 0.2) is 27.6 Å². The Hall–Kier alpha value is -0.150. The van der Waals surface area contributed by atoms with Gasteiger partial charge in [-0.1, -0.05) is 36.2 Å². The van der Waals surface area contributed by atoms with E-state index in [0.717, 1.165) is 10.2 Å². The van der Waals surface area contributed by atoms with E-state index in [2.05, 4.69) is 35.8 Å². The van der Waals surface area contributed by atoms with Crippen LogP contribution in [0, 0.1) is 0 Å². The highest BCUT2D eigenvalue weighted by Gasteiger charge is 2.06. The van der Waals surface area contributed by atoms with Gasteiger partial charge >= 0.3 is 0 Å². The second-order valence-corrected chi connectivity index (χ2v) is 5.80. The van der Waals surface area contributed by atoms with Gasteiger partial charge < -0.3 is 5.73 Å². The number of hydrogen-bond donors (Lipinski definition) is 1. The maximum absolute atomic E-state index is 5.89. The average molecular weight is 274 g/mol. The standard InChI is InChI=1S/C11H16BrNS/c1-3-4-8(2)14-11-7-9(12)5-6-10(11)13/h5-8H,3-4,13H2,1-2H3. The van der Waals surface area contributed by atoms with Crippen molar-refractivity contribution < 1.29 is 0 Å². The van der Waals surface area contributed by atoms with Crippen molar-refractivity contribution in [2.75, 3.05) is 5.73 Å². The molecule has 0 heterocycles. The van der Waals surface area contributed by atoms with Crippen LogP contribution in [0.5, 0.6) is 0 Å². The Labute approximate surface area is 98.6 Å². The second-order valence-electron chi connectivity index (χ2n) is 3.40. The molecule has 3 heteroatoms. The number of benzene rings is 1. The highest BCUT2D eigenvalue weighted by molar-refractivity contribution is 9.10. The lowest BCUT2D eigenvalue weighted by Crippen LogP contribution is -1.96. The van der Waals surface area contributed by atoms with Crippen LogP contribution in [0.2, 0.25) is 0 Å². The summed E-state index contributed by atoms with van der Waals surface area (Å²) in [7, 11) is 0. The maximum Gasteiger partial charge on any atom is 0.0453 e. The Morgan fingerprint density at radius 3 is 2.86 bits per heavy atom. The van der Waals surface area contributed by atoms with Gasteiger partial charge in [0.25, 0.3) is 0 Å². The van der Waals surface area contributed by atoms with E-state index in [1.54, 1.807) is 0 Å². The molecule has 0 bridgehead atoms. The van der Waals surface area contributed by atoms with Crippen LogP contribution < -0.4 is 5.73 Å². The number of nitrogen functional groups attached to an aromatic ring is 1. The molecule has 0 aliphatic rings. The Bertz CT molecular complexity index is 301. The predicted octanol–water partition coefficient (Wildman–Crippen LogP) is 4.31. The van der Waals surface area contributed by atoms with E-state index >= 15 is 0 Å². The molecular weight excluding hydrogens is 258 g/mol. The zero-order valence-corrected chi connectivity index (χ0v) is 11.0. The number of hydrogen-bond acceptors (Lipinski definition) is 2. The van der Waals surface area contributed by atoms with E-state index in [0.29, 0.717) is 5.25 Å². The first kappa shape index (κ1) is 11.9. The first-order chi connectivity index (χ1) is 6.63. The van der Waals surface area contributed by atoms with Crippen molar-refractivity contribution in [3.8, 4) is 0 Å². The van der Waals surface area contributed by atoms with Crippen molar-refractivity contribution in [2.24, 2.45) is 0 Å². The van der Waals surface area contributed by atoms with Gasteiger partial charge in [-0.3, -0.25) is 0 Å². The van der Waals surface area contributed by atoms with Crippen LogP contribution in [-0.4, -0.2) is 5.25 Å². The zero-order chi connectivity index (χ0) is 10.6. The van der Waals surface area contributed by atoms with Gasteiger partial charge in [-0.15, -0.1) is 11.8 Å². The fourth-order valence-corrected chi connectivity index (χ4v) is 2.99. The molecule has 0 saturated heterocycles. The zero-order valence-electron chi connectivity index (χ0n) is 8.59. The van der Waals surface area contributed by atoms with Gasteiger partial charge in [0.1, 0.15) is 0 Å². The smallest absolute Gasteiger partial charge is 0.0453 e. The molecule has 0 aliphatic heterocycles. The van der Waals surface area contributed by atoms with E-state index in [1.807, 2.05) is 23.9 Å². The fraction of sp³-hybridized carbons (Fsp3) is 0.455. The van der Waals surface area contributed by atoms with Crippen LogP contribution in [0.1, 0.15) is 26.7 Å². The van der Waals surface area contributed by atoms with Crippen molar-refractivity contribution in [3.63, 3.8) is 0 Å². The predicted molar refractivity (Wildman–Crippen MR) is 68.8 cm³/mol. The van der Waals surface area contributed by atoms with Gasteiger partial charge in [-0.2, -0.15) is 0 Å². The van der Waals surface area contributed by atoms with Crippen LogP contribution in [0.25, 0.3) is 0 Å². The van der Waals surface area contributed by atoms with Crippen LogP contribution in [0.4, 0.5) is 5.69 Å². The minimum absolute atomic E-state index is 0.636. The summed E-state index contributed by atoms with van der Waals surface area (Å²) in [6.45, 7) is 4.45. The third-order valence-electron chi connectivity index (χ3n) is 2.00. The SMILES string of the molecule is CCCC(C)Sc1cc(Br)ccc1N. The van der Waals surface area contributed by atoms with Crippen molar-refractivity contribution in [2.45, 2.75) is 36.8 Å². The molecule has 0 aromatic heterocycles. The molecule has 0 fully saturated rings. The number of anilines is 1. The van der Waals surface area contributed by atoms with Gasteiger partial charge in [0.05, 0.1) is 0 Å². The highest BCUT2D eigenvalue weighted by atomic mass is 79.9. The molecular formula is C11H16BrNS. The number of halogens is 1. The molecule has 14 heavy (non-hydrogen) atoms. The summed E-state index contributed by atoms with van der Waals surface area (Å²) in [5.41, 5.74) is 6.77. The normalized spacial score (nSPS) is 12.8. The largest absolute Gasteiger partial charge is 0.398 e. The lowest BCUT2D eigenvalue weighted by molar-refractivity contribution is 0.787. The molecule has 0 amide bonds. The highest BCUT2D eigenvalue weighted by Crippen LogP contribution is 2.32. The number of thioether (sulfide) groups is 1. The summed E-state index contributed by atoms with van der Waals surface area (Å²) in [5, 5.41) is 0.636. The minimum atomic E-state index is 0.636. The third kappa shape index (κ3) is 3.54. The molecule has 1 rings (SSSR count). The van der Waals surface area contributed by atoms with E-state index < -0.39 is 0 Å². The fourth-order valence-electron chi connectivity index (χ4n) is 1.29. The van der Waals surface area contributed by atoms with Gasteiger partial charge in [-0.05, 0) is 24.6 Å². The topological polar surface area (TPSA) is 26.0 Å². The van der Waals surface area contributed by atoms with Crippen LogP contribution in [0.3, 0.4) is 0 Å². The lowest BCUT2D eigenvalue weighted by Gasteiger charge is -2.11. The molecule has 0 saturated carbocycles. The molecule has 0 aliphatic carbocycles. The Balaban J connectivity index is 2.70. The van der Waals surface area contributed by atoms with Crippen molar-refractivity contribution in [1.82, 2.24) is 0 Å². The monoisotopic (exact) mass is 273 g/mol. The molecule has 0 radical (unpaired) electrons. The molecule has 78 valence electrons. The summed E-state index contributed by atoms with van der Waals surface area (Å²) in [6.07, 6.45) is 2.46. The molecule has 1 atom stereocenters. The van der Waals surface area contributed by atoms with E-state index in [1.165, 1.54) is 17.7 Å². The summed E-state index contributed by atoms with van der Waals surface area (Å²) in [5.74, 6) is 0. The minimum Gasteiger partial charge on any atom is -0.398 e. The first-order valence-electron chi connectivity index (χ1n) is 4.85. The Morgan fingerprint density at radius 2 is 2.21 bits per heavy atom. The lowest BCUT2D eigenvalue weighted by atomic mass is 10.3. The van der Waals surface area contributed by atoms with E-state index in [4.69, 9.17) is 5.73 Å². The van der Waals surface area contributed by atoms with E-state index in [-0.39, 0.29) is 0 Å². The first-order valence-corrected chi connectivity index (χ1v) is 6.52. The van der Waals surface area contributed by atoms with Crippen molar-refractivity contribution >= 4 is 33.4 Å².